The van der Waals surface area contributed by atoms with Crippen LogP contribution in [0.5, 0.6) is 0 Å². The molecule has 102 valence electrons. The molecule has 1 aromatic heterocycles. The number of hydrogen-bond acceptors (Lipinski definition) is 1. The molecule has 0 amide bonds. The molecular weight excluding hydrogens is 259 g/mol. The molecule has 3 nitrogen and oxygen atoms in total. The molecule has 1 heterocycles. The summed E-state index contributed by atoms with van der Waals surface area (Å²) >= 11 is 0. The monoisotopic (exact) mass is 271 g/mol. The normalized spacial score (nSPS) is 12.1. The summed E-state index contributed by atoms with van der Waals surface area (Å²) in [6.07, 6.45) is -4.71. The van der Waals surface area contributed by atoms with Crippen LogP contribution in [-0.4, -0.2) is 15.6 Å². The number of carboxylic acids is 1. The minimum absolute atomic E-state index is 0.155. The summed E-state index contributed by atoms with van der Waals surface area (Å²) in [6, 6.07) is 3.31. The van der Waals surface area contributed by atoms with Gasteiger partial charge in [-0.05, 0) is 25.0 Å². The van der Waals surface area contributed by atoms with Crippen LogP contribution < -0.4 is 0 Å². The maximum Gasteiger partial charge on any atom is 0.432 e. The van der Waals surface area contributed by atoms with Gasteiger partial charge in [0.1, 0.15) is 5.69 Å². The van der Waals surface area contributed by atoms with Gasteiger partial charge >= 0.3 is 12.1 Å². The number of nitrogens with zero attached hydrogens (tertiary/aromatic N) is 1. The van der Waals surface area contributed by atoms with Crippen LogP contribution in [0.3, 0.4) is 0 Å². The van der Waals surface area contributed by atoms with E-state index in [2.05, 4.69) is 0 Å². The first-order chi connectivity index (χ1) is 8.66. The molecule has 0 saturated heterocycles. The highest BCUT2D eigenvalue weighted by Gasteiger charge is 2.41. The van der Waals surface area contributed by atoms with E-state index >= 15 is 0 Å². The summed E-state index contributed by atoms with van der Waals surface area (Å²) in [7, 11) is 1.24. The van der Waals surface area contributed by atoms with Gasteiger partial charge in [0, 0.05) is 12.4 Å². The first-order valence-corrected chi connectivity index (χ1v) is 5.55. The molecule has 0 unspecified atom stereocenters. The number of halogens is 3. The van der Waals surface area contributed by atoms with Crippen molar-refractivity contribution >= 4 is 16.9 Å². The molecule has 0 aliphatic carbocycles. The molecule has 0 aliphatic heterocycles. The van der Waals surface area contributed by atoms with Crippen molar-refractivity contribution in [2.24, 2.45) is 7.05 Å². The molecule has 0 radical (unpaired) electrons. The van der Waals surface area contributed by atoms with Gasteiger partial charge in [-0.3, -0.25) is 0 Å². The number of aryl methyl sites for hydroxylation is 3. The highest BCUT2D eigenvalue weighted by atomic mass is 19.4. The smallest absolute Gasteiger partial charge is 0.432 e. The first-order valence-electron chi connectivity index (χ1n) is 5.55. The van der Waals surface area contributed by atoms with Crippen molar-refractivity contribution in [3.05, 3.63) is 34.5 Å². The summed E-state index contributed by atoms with van der Waals surface area (Å²) in [5.41, 5.74) is -0.353. The average molecular weight is 271 g/mol. The summed E-state index contributed by atoms with van der Waals surface area (Å²) in [4.78, 5) is 11.2. The van der Waals surface area contributed by atoms with Gasteiger partial charge in [0.05, 0.1) is 11.1 Å². The van der Waals surface area contributed by atoms with E-state index in [1.54, 1.807) is 26.0 Å². The second kappa shape index (κ2) is 4.01. The number of alkyl halides is 3. The SMILES string of the molecule is Cc1ccc(C)c2c1c(C(=O)O)c(C(F)(F)F)n2C. The van der Waals surface area contributed by atoms with Crippen LogP contribution in [0.4, 0.5) is 13.2 Å². The third-order valence-corrected chi connectivity index (χ3v) is 3.23. The maximum atomic E-state index is 13.1. The lowest BCUT2D eigenvalue weighted by Gasteiger charge is -2.09. The fourth-order valence-corrected chi connectivity index (χ4v) is 2.48. The number of carboxylic acid groups (broad SMARTS) is 1. The van der Waals surface area contributed by atoms with Crippen molar-refractivity contribution in [1.29, 1.82) is 0 Å². The molecule has 2 rings (SSSR count). The van der Waals surface area contributed by atoms with Crippen LogP contribution in [-0.2, 0) is 13.2 Å². The van der Waals surface area contributed by atoms with Gasteiger partial charge in [0.25, 0.3) is 0 Å². The Kier molecular flexibility index (Phi) is 2.84. The Balaban J connectivity index is 3.10. The zero-order valence-corrected chi connectivity index (χ0v) is 10.6. The number of carbonyl (C=O) groups is 1. The second-order valence-electron chi connectivity index (χ2n) is 4.51. The van der Waals surface area contributed by atoms with E-state index in [4.69, 9.17) is 5.11 Å². The fraction of sp³-hybridized carbons (Fsp3) is 0.308. The molecule has 19 heavy (non-hydrogen) atoms. The summed E-state index contributed by atoms with van der Waals surface area (Å²) in [5, 5.41) is 9.30. The van der Waals surface area contributed by atoms with Crippen LogP contribution in [0.15, 0.2) is 12.1 Å². The van der Waals surface area contributed by atoms with E-state index in [1.165, 1.54) is 7.05 Å². The second-order valence-corrected chi connectivity index (χ2v) is 4.51. The van der Waals surface area contributed by atoms with Crippen molar-refractivity contribution < 1.29 is 23.1 Å². The number of aromatic carboxylic acids is 1. The zero-order valence-electron chi connectivity index (χ0n) is 10.6. The quantitative estimate of drug-likeness (QED) is 0.862. The predicted molar refractivity (Wildman–Crippen MR) is 64.4 cm³/mol. The molecule has 0 fully saturated rings. The van der Waals surface area contributed by atoms with E-state index in [1.807, 2.05) is 0 Å². The summed E-state index contributed by atoms with van der Waals surface area (Å²) in [6.45, 7) is 3.27. The molecule has 0 aliphatic rings. The molecule has 0 saturated carbocycles. The van der Waals surface area contributed by atoms with Crippen LogP contribution >= 0.6 is 0 Å². The molecule has 0 atom stereocenters. The van der Waals surface area contributed by atoms with Gasteiger partial charge in [-0.2, -0.15) is 13.2 Å². The Bertz CT molecular complexity index is 683. The Hall–Kier alpha value is -1.98. The van der Waals surface area contributed by atoms with Gasteiger partial charge in [-0.15, -0.1) is 0 Å². The van der Waals surface area contributed by atoms with E-state index in [9.17, 15) is 18.0 Å². The van der Waals surface area contributed by atoms with Gasteiger partial charge in [0.2, 0.25) is 0 Å². The van der Waals surface area contributed by atoms with Crippen molar-refractivity contribution in [1.82, 2.24) is 4.57 Å². The fourth-order valence-electron chi connectivity index (χ4n) is 2.48. The topological polar surface area (TPSA) is 42.2 Å². The molecular formula is C13H12F3NO2. The van der Waals surface area contributed by atoms with Crippen molar-refractivity contribution in [3.63, 3.8) is 0 Å². The highest BCUT2D eigenvalue weighted by Crippen LogP contribution is 2.39. The average Bonchev–Trinajstić information content (AvgIpc) is 2.58. The van der Waals surface area contributed by atoms with E-state index < -0.39 is 23.4 Å². The Morgan fingerprint density at radius 3 is 2.21 bits per heavy atom. The largest absolute Gasteiger partial charge is 0.478 e. The highest BCUT2D eigenvalue weighted by molar-refractivity contribution is 6.07. The molecule has 0 bridgehead atoms. The van der Waals surface area contributed by atoms with Crippen molar-refractivity contribution in [3.8, 4) is 0 Å². The first kappa shape index (κ1) is 13.5. The van der Waals surface area contributed by atoms with Gasteiger partial charge < -0.3 is 9.67 Å². The lowest BCUT2D eigenvalue weighted by Crippen LogP contribution is -2.16. The third-order valence-electron chi connectivity index (χ3n) is 3.23. The minimum Gasteiger partial charge on any atom is -0.478 e. The molecule has 0 spiro atoms. The molecule has 1 N–H and O–H groups in total. The lowest BCUT2D eigenvalue weighted by atomic mass is 10.0. The van der Waals surface area contributed by atoms with Gasteiger partial charge in [-0.25, -0.2) is 4.79 Å². The van der Waals surface area contributed by atoms with Crippen LogP contribution in [0.25, 0.3) is 10.9 Å². The summed E-state index contributed by atoms with van der Waals surface area (Å²) < 4.78 is 40.2. The van der Waals surface area contributed by atoms with Crippen LogP contribution in [0.1, 0.15) is 27.2 Å². The van der Waals surface area contributed by atoms with E-state index in [-0.39, 0.29) is 5.39 Å². The third kappa shape index (κ3) is 1.87. The number of hydrogen-bond donors (Lipinski definition) is 1. The van der Waals surface area contributed by atoms with Gasteiger partial charge in [-0.1, -0.05) is 12.1 Å². The van der Waals surface area contributed by atoms with Crippen LogP contribution in [0.2, 0.25) is 0 Å². The predicted octanol–water partition coefficient (Wildman–Crippen LogP) is 3.51. The number of aromatic nitrogens is 1. The number of fused-ring (bicyclic) bond motifs is 1. The molecule has 6 heteroatoms. The summed E-state index contributed by atoms with van der Waals surface area (Å²) in [5.74, 6) is -1.56. The zero-order chi connectivity index (χ0) is 14.5. The van der Waals surface area contributed by atoms with Crippen LogP contribution in [0, 0.1) is 13.8 Å². The molecule has 2 aromatic rings. The minimum atomic E-state index is -4.71. The number of rotatable bonds is 1. The number of benzene rings is 1. The molecule has 1 aromatic carbocycles. The standard InChI is InChI=1S/C13H12F3NO2/c1-6-4-5-7(2)10-8(6)9(12(18)19)11(17(10)3)13(14,15)16/h4-5H,1-3H3,(H,18,19). The van der Waals surface area contributed by atoms with E-state index in [0.29, 0.717) is 16.6 Å². The Morgan fingerprint density at radius 2 is 1.74 bits per heavy atom. The van der Waals surface area contributed by atoms with Gasteiger partial charge in [0.15, 0.2) is 0 Å². The van der Waals surface area contributed by atoms with E-state index in [0.717, 1.165) is 4.57 Å². The maximum absolute atomic E-state index is 13.1. The lowest BCUT2D eigenvalue weighted by molar-refractivity contribution is -0.143. The Morgan fingerprint density at radius 1 is 1.21 bits per heavy atom. The van der Waals surface area contributed by atoms with Crippen molar-refractivity contribution in [2.45, 2.75) is 20.0 Å². The van der Waals surface area contributed by atoms with Crippen molar-refractivity contribution in [2.75, 3.05) is 0 Å². The Labute approximate surface area is 107 Å².